The number of benzene rings is 2. The van der Waals surface area contributed by atoms with E-state index in [1.165, 1.54) is 0 Å². The van der Waals surface area contributed by atoms with Crippen LogP contribution in [0.5, 0.6) is 5.75 Å². The molecular formula is C42H61N5O7. The van der Waals surface area contributed by atoms with Crippen LogP contribution in [0.1, 0.15) is 88.0 Å². The van der Waals surface area contributed by atoms with Crippen LogP contribution in [0.2, 0.25) is 0 Å². The molecule has 4 amide bonds. The van der Waals surface area contributed by atoms with E-state index in [4.69, 9.17) is 9.47 Å². The Morgan fingerprint density at radius 2 is 1.50 bits per heavy atom. The van der Waals surface area contributed by atoms with E-state index < -0.39 is 12.2 Å². The molecule has 0 radical (unpaired) electrons. The number of phenolic OH excluding ortho intramolecular Hbond substituents is 1. The van der Waals surface area contributed by atoms with E-state index in [-0.39, 0.29) is 43.5 Å². The molecule has 2 aromatic rings. The first-order valence-corrected chi connectivity index (χ1v) is 19.7. The summed E-state index contributed by atoms with van der Waals surface area (Å²) in [6.07, 6.45) is 5.96. The number of hydrogen-bond donors (Lipinski definition) is 2. The molecular weight excluding hydrogens is 686 g/mol. The van der Waals surface area contributed by atoms with Crippen LogP contribution >= 0.6 is 0 Å². The minimum atomic E-state index is -0.995. The number of nitrogens with one attached hydrogen (secondary N) is 1. The zero-order chi connectivity index (χ0) is 37.5. The molecule has 2 aromatic carbocycles. The van der Waals surface area contributed by atoms with Gasteiger partial charge in [0.15, 0.2) is 6.10 Å². The van der Waals surface area contributed by atoms with Crippen LogP contribution in [0.4, 0.5) is 15.3 Å². The number of carbonyl (C=O) groups is 4. The average molecular weight is 748 g/mol. The summed E-state index contributed by atoms with van der Waals surface area (Å²) in [5, 5.41) is 13.4. The maximum atomic E-state index is 14.2. The summed E-state index contributed by atoms with van der Waals surface area (Å²) in [6.45, 7) is 10.6. The Morgan fingerprint density at radius 3 is 2.17 bits per heavy atom. The zero-order valence-corrected chi connectivity index (χ0v) is 31.7. The van der Waals surface area contributed by atoms with Crippen molar-refractivity contribution in [3.05, 3.63) is 58.7 Å². The predicted molar refractivity (Wildman–Crippen MR) is 209 cm³/mol. The normalized spacial score (nSPS) is 19.6. The Balaban J connectivity index is 0.00000561. The van der Waals surface area contributed by atoms with Crippen LogP contribution in [-0.4, -0.2) is 119 Å². The molecule has 12 heteroatoms. The van der Waals surface area contributed by atoms with Gasteiger partial charge in [-0.15, -0.1) is 0 Å². The number of carbonyl (C=O) groups excluding carboxylic acids is 4. The molecule has 0 bridgehead atoms. The van der Waals surface area contributed by atoms with E-state index in [9.17, 15) is 24.3 Å². The van der Waals surface area contributed by atoms with Gasteiger partial charge in [0.2, 0.25) is 0 Å². The summed E-state index contributed by atoms with van der Waals surface area (Å²) >= 11 is 0. The third-order valence-electron chi connectivity index (χ3n) is 11.8. The molecule has 0 aromatic heterocycles. The second-order valence-electron chi connectivity index (χ2n) is 15.3. The highest BCUT2D eigenvalue weighted by Crippen LogP contribution is 2.29. The molecule has 3 saturated heterocycles. The standard InChI is InChI=1S/C41H57N5O7.CH4/c1-4-52-37(47)10-9-30-11-18-43(19-12-30)33-14-20-44(21-15-33)39(49)36(27-31-25-28(2)38(48)29(3)26-31)53-41(51)45-22-16-34(17-23-45)46-24-13-32-7-5-6-8-35(32)42-40(46)50;/h5-8,25-26,30,33-34,36,48H,4,9-24,27H2,1-3H3,(H,42,50);1H4/t36-;/m1./s1. The quantitative estimate of drug-likeness (QED) is 0.271. The minimum absolute atomic E-state index is 0. The molecule has 0 spiro atoms. The number of para-hydroxylation sites is 1. The molecule has 4 heterocycles. The van der Waals surface area contributed by atoms with Gasteiger partial charge in [0.25, 0.3) is 5.91 Å². The Morgan fingerprint density at radius 1 is 0.870 bits per heavy atom. The maximum Gasteiger partial charge on any atom is 0.410 e. The number of anilines is 1. The lowest BCUT2D eigenvalue weighted by Crippen LogP contribution is -2.53. The lowest BCUT2D eigenvalue weighted by atomic mass is 9.90. The molecule has 4 aliphatic heterocycles. The molecule has 0 saturated carbocycles. The highest BCUT2D eigenvalue weighted by Gasteiger charge is 2.37. The van der Waals surface area contributed by atoms with Crippen LogP contribution < -0.4 is 5.32 Å². The number of phenols is 1. The Bertz CT molecular complexity index is 1590. The number of fused-ring (bicyclic) bond motifs is 1. The van der Waals surface area contributed by atoms with Gasteiger partial charge in [0.1, 0.15) is 5.75 Å². The number of likely N-dealkylation sites (tertiary alicyclic amines) is 3. The van der Waals surface area contributed by atoms with Crippen molar-refractivity contribution in [3.63, 3.8) is 0 Å². The van der Waals surface area contributed by atoms with Crippen molar-refractivity contribution in [1.29, 1.82) is 0 Å². The SMILES string of the molecule is C.CCOC(=O)CCC1CCN(C2CCN(C(=O)[C@@H](Cc3cc(C)c(O)c(C)c3)OC(=O)N3CCC(N4CCc5ccccc5NC4=O)CC3)CC2)CC1. The highest BCUT2D eigenvalue weighted by molar-refractivity contribution is 5.91. The van der Waals surface area contributed by atoms with E-state index in [0.29, 0.717) is 81.7 Å². The van der Waals surface area contributed by atoms with E-state index in [2.05, 4.69) is 10.2 Å². The van der Waals surface area contributed by atoms with Gasteiger partial charge in [0, 0.05) is 63.3 Å². The molecule has 0 unspecified atom stereocenters. The molecule has 0 aliphatic carbocycles. The first-order valence-electron chi connectivity index (χ1n) is 19.7. The van der Waals surface area contributed by atoms with Crippen LogP contribution in [-0.2, 0) is 31.9 Å². The van der Waals surface area contributed by atoms with Crippen molar-refractivity contribution in [2.45, 2.75) is 111 Å². The van der Waals surface area contributed by atoms with Crippen LogP contribution in [0.3, 0.4) is 0 Å². The van der Waals surface area contributed by atoms with Crippen molar-refractivity contribution < 1.29 is 33.8 Å². The predicted octanol–water partition coefficient (Wildman–Crippen LogP) is 6.29. The second kappa shape index (κ2) is 18.8. The van der Waals surface area contributed by atoms with Gasteiger partial charge in [-0.2, -0.15) is 0 Å². The molecule has 1 atom stereocenters. The van der Waals surface area contributed by atoms with E-state index >= 15 is 0 Å². The summed E-state index contributed by atoms with van der Waals surface area (Å²) in [6, 6.07) is 11.9. The lowest BCUT2D eigenvalue weighted by molar-refractivity contribution is -0.144. The van der Waals surface area contributed by atoms with Gasteiger partial charge < -0.3 is 39.5 Å². The summed E-state index contributed by atoms with van der Waals surface area (Å²) in [4.78, 5) is 60.7. The zero-order valence-electron chi connectivity index (χ0n) is 31.7. The number of rotatable bonds is 10. The number of urea groups is 1. The summed E-state index contributed by atoms with van der Waals surface area (Å²) < 4.78 is 11.2. The van der Waals surface area contributed by atoms with E-state index in [1.54, 1.807) is 4.90 Å². The van der Waals surface area contributed by atoms with Gasteiger partial charge in [-0.05, 0) is 119 Å². The van der Waals surface area contributed by atoms with E-state index in [1.807, 2.05) is 67.0 Å². The molecule has 54 heavy (non-hydrogen) atoms. The number of hydrogen-bond acceptors (Lipinski definition) is 8. The molecule has 4 aliphatic rings. The van der Waals surface area contributed by atoms with Crippen molar-refractivity contribution in [2.24, 2.45) is 5.92 Å². The number of ether oxygens (including phenoxy) is 2. The van der Waals surface area contributed by atoms with Crippen molar-refractivity contribution in [1.82, 2.24) is 19.6 Å². The smallest absolute Gasteiger partial charge is 0.410 e. The molecule has 2 N–H and O–H groups in total. The number of aromatic hydroxyl groups is 1. The molecule has 296 valence electrons. The highest BCUT2D eigenvalue weighted by atomic mass is 16.6. The first-order chi connectivity index (χ1) is 25.6. The van der Waals surface area contributed by atoms with Gasteiger partial charge in [0.05, 0.1) is 6.61 Å². The van der Waals surface area contributed by atoms with Crippen LogP contribution in [0.15, 0.2) is 36.4 Å². The van der Waals surface area contributed by atoms with Crippen molar-refractivity contribution >= 4 is 29.7 Å². The first kappa shape index (κ1) is 40.9. The average Bonchev–Trinajstić information content (AvgIpc) is 3.34. The van der Waals surface area contributed by atoms with Crippen LogP contribution in [0.25, 0.3) is 0 Å². The Labute approximate surface area is 321 Å². The van der Waals surface area contributed by atoms with Crippen molar-refractivity contribution in [3.8, 4) is 5.75 Å². The lowest BCUT2D eigenvalue weighted by Gasteiger charge is -2.42. The fourth-order valence-electron chi connectivity index (χ4n) is 8.67. The van der Waals surface area contributed by atoms with Gasteiger partial charge in [-0.25, -0.2) is 9.59 Å². The summed E-state index contributed by atoms with van der Waals surface area (Å²) in [5.41, 5.74) is 4.23. The second-order valence-corrected chi connectivity index (χ2v) is 15.3. The Kier molecular flexibility index (Phi) is 14.2. The number of piperidine rings is 3. The molecule has 6 rings (SSSR count). The fourth-order valence-corrected chi connectivity index (χ4v) is 8.67. The van der Waals surface area contributed by atoms with Gasteiger partial charge >= 0.3 is 18.1 Å². The minimum Gasteiger partial charge on any atom is -0.507 e. The number of aryl methyl sites for hydroxylation is 2. The third kappa shape index (κ3) is 10.0. The summed E-state index contributed by atoms with van der Waals surface area (Å²) in [7, 11) is 0. The number of nitrogens with zero attached hydrogens (tertiary/aromatic N) is 4. The largest absolute Gasteiger partial charge is 0.507 e. The summed E-state index contributed by atoms with van der Waals surface area (Å²) in [5.74, 6) is 0.469. The maximum absolute atomic E-state index is 14.2. The molecule has 3 fully saturated rings. The fraction of sp³-hybridized carbons (Fsp3) is 0.619. The topological polar surface area (TPSA) is 132 Å². The van der Waals surface area contributed by atoms with Gasteiger partial charge in [-0.3, -0.25) is 9.59 Å². The number of esters is 1. The Hall–Kier alpha value is -4.32. The van der Waals surface area contributed by atoms with Crippen molar-refractivity contribution in [2.75, 3.05) is 57.7 Å². The van der Waals surface area contributed by atoms with E-state index in [0.717, 1.165) is 68.4 Å². The third-order valence-corrected chi connectivity index (χ3v) is 11.8. The molecule has 12 nitrogen and oxygen atoms in total. The van der Waals surface area contributed by atoms with Crippen LogP contribution in [0, 0.1) is 19.8 Å². The monoisotopic (exact) mass is 747 g/mol. The number of amides is 4. The van der Waals surface area contributed by atoms with Gasteiger partial charge in [-0.1, -0.05) is 37.8 Å².